The first-order chi connectivity index (χ1) is 15.7. The second kappa shape index (κ2) is 8.71. The number of amides is 2. The fourth-order valence-electron chi connectivity index (χ4n) is 3.44. The maximum atomic E-state index is 12.9. The van der Waals surface area contributed by atoms with Crippen molar-refractivity contribution >= 4 is 52.2 Å². The number of fused-ring (bicyclic) bond motifs is 1. The van der Waals surface area contributed by atoms with Crippen molar-refractivity contribution in [1.82, 2.24) is 9.97 Å². The van der Waals surface area contributed by atoms with E-state index in [0.717, 1.165) is 0 Å². The third kappa shape index (κ3) is 4.67. The summed E-state index contributed by atoms with van der Waals surface area (Å²) in [4.78, 5) is 55.4. The predicted molar refractivity (Wildman–Crippen MR) is 122 cm³/mol. The van der Waals surface area contributed by atoms with Gasteiger partial charge in [-0.05, 0) is 37.3 Å². The molecule has 4 N–H and O–H groups in total. The van der Waals surface area contributed by atoms with Gasteiger partial charge in [-0.25, -0.2) is 0 Å². The first-order valence-corrected chi connectivity index (χ1v) is 10.1. The Morgan fingerprint density at radius 2 is 1.88 bits per heavy atom. The first-order valence-electron chi connectivity index (χ1n) is 9.74. The van der Waals surface area contributed by atoms with E-state index in [-0.39, 0.29) is 35.1 Å². The number of carbonyl (C=O) groups excluding carboxylic acids is 2. The number of aryl methyl sites for hydroxylation is 1. The molecular weight excluding hydrogens is 452 g/mol. The number of hydrogen-bond acceptors (Lipinski definition) is 7. The molecule has 0 bridgehead atoms. The fourth-order valence-corrected chi connectivity index (χ4v) is 3.56. The molecule has 1 aliphatic rings. The van der Waals surface area contributed by atoms with Crippen molar-refractivity contribution in [3.05, 3.63) is 79.1 Å². The van der Waals surface area contributed by atoms with Crippen molar-refractivity contribution in [2.45, 2.75) is 19.3 Å². The van der Waals surface area contributed by atoms with Gasteiger partial charge in [0, 0.05) is 34.4 Å². The number of hydrogen-bond donors (Lipinski definition) is 4. The lowest BCUT2D eigenvalue weighted by Gasteiger charge is -2.23. The Labute approximate surface area is 191 Å². The van der Waals surface area contributed by atoms with Gasteiger partial charge < -0.3 is 16.0 Å². The standard InChI is InChI=1S/C21H17ClN6O5/c1-10-2-5-13(8-15(10)28(32)33)23-19(30)14-9-16(29)25-18-17(14)20(31)27-21(26-18)24-12-6-3-11(22)4-7-12/h2-8,14H,9H2,1H3,(H,23,30)(H3,24,25,26,27,29,31)/t14-/m1/s1. The van der Waals surface area contributed by atoms with E-state index in [2.05, 4.69) is 25.9 Å². The molecule has 4 rings (SSSR count). The molecule has 0 unspecified atom stereocenters. The number of nitro groups is 1. The van der Waals surface area contributed by atoms with Gasteiger partial charge in [-0.2, -0.15) is 4.98 Å². The minimum absolute atomic E-state index is 0.00429. The van der Waals surface area contributed by atoms with Gasteiger partial charge in [0.15, 0.2) is 0 Å². The number of halogens is 1. The van der Waals surface area contributed by atoms with Crippen molar-refractivity contribution < 1.29 is 14.5 Å². The molecule has 1 atom stereocenters. The van der Waals surface area contributed by atoms with Crippen LogP contribution in [0.3, 0.4) is 0 Å². The highest BCUT2D eigenvalue weighted by atomic mass is 35.5. The van der Waals surface area contributed by atoms with Gasteiger partial charge >= 0.3 is 0 Å². The monoisotopic (exact) mass is 468 g/mol. The lowest BCUT2D eigenvalue weighted by molar-refractivity contribution is -0.385. The fraction of sp³-hybridized carbons (Fsp3) is 0.143. The number of anilines is 4. The molecule has 0 fully saturated rings. The average Bonchev–Trinajstić information content (AvgIpc) is 2.75. The lowest BCUT2D eigenvalue weighted by Crippen LogP contribution is -2.36. The van der Waals surface area contributed by atoms with Crippen LogP contribution in [0.15, 0.2) is 47.3 Å². The summed E-state index contributed by atoms with van der Waals surface area (Å²) in [5, 5.41) is 19.7. The van der Waals surface area contributed by atoms with Gasteiger partial charge in [-0.15, -0.1) is 0 Å². The van der Waals surface area contributed by atoms with E-state index in [0.29, 0.717) is 16.3 Å². The highest BCUT2D eigenvalue weighted by molar-refractivity contribution is 6.30. The van der Waals surface area contributed by atoms with Gasteiger partial charge in [0.1, 0.15) is 5.82 Å². The molecule has 1 aliphatic heterocycles. The SMILES string of the molecule is Cc1ccc(NC(=O)[C@@H]2CC(=O)Nc3nc(Nc4ccc(Cl)cc4)[nH]c(=O)c32)cc1[N+](=O)[O-]. The third-order valence-electron chi connectivity index (χ3n) is 5.05. The van der Waals surface area contributed by atoms with Crippen LogP contribution in [0.4, 0.5) is 28.8 Å². The van der Waals surface area contributed by atoms with Crippen molar-refractivity contribution in [1.29, 1.82) is 0 Å². The minimum atomic E-state index is -1.13. The van der Waals surface area contributed by atoms with Gasteiger partial charge in [-0.1, -0.05) is 17.7 Å². The summed E-state index contributed by atoms with van der Waals surface area (Å²) >= 11 is 5.87. The number of aromatic amines is 1. The van der Waals surface area contributed by atoms with Gasteiger partial charge in [-0.3, -0.25) is 29.5 Å². The van der Waals surface area contributed by atoms with E-state index < -0.39 is 28.2 Å². The summed E-state index contributed by atoms with van der Waals surface area (Å²) in [5.41, 5.74) is 0.436. The number of H-pyrrole nitrogens is 1. The molecule has 0 radical (unpaired) electrons. The number of carbonyl (C=O) groups is 2. The van der Waals surface area contributed by atoms with E-state index in [4.69, 9.17) is 11.6 Å². The molecule has 0 aliphatic carbocycles. The molecule has 0 saturated heterocycles. The van der Waals surface area contributed by atoms with Crippen LogP contribution in [0.2, 0.25) is 5.02 Å². The van der Waals surface area contributed by atoms with Gasteiger partial charge in [0.05, 0.1) is 16.4 Å². The second-order valence-corrected chi connectivity index (χ2v) is 7.80. The zero-order valence-corrected chi connectivity index (χ0v) is 17.9. The maximum absolute atomic E-state index is 12.9. The predicted octanol–water partition coefficient (Wildman–Crippen LogP) is 3.45. The summed E-state index contributed by atoms with van der Waals surface area (Å²) in [5.74, 6) is -2.25. The molecule has 11 nitrogen and oxygen atoms in total. The van der Waals surface area contributed by atoms with Crippen molar-refractivity contribution in [2.75, 3.05) is 16.0 Å². The Kier molecular flexibility index (Phi) is 5.80. The van der Waals surface area contributed by atoms with Gasteiger partial charge in [0.25, 0.3) is 11.2 Å². The molecule has 3 aromatic rings. The van der Waals surface area contributed by atoms with E-state index in [1.165, 1.54) is 18.2 Å². The molecule has 2 amide bonds. The summed E-state index contributed by atoms with van der Waals surface area (Å²) in [7, 11) is 0. The number of nitro benzene ring substituents is 1. The van der Waals surface area contributed by atoms with Crippen LogP contribution in [0.5, 0.6) is 0 Å². The molecule has 2 heterocycles. The van der Waals surface area contributed by atoms with Crippen LogP contribution < -0.4 is 21.5 Å². The number of nitrogens with one attached hydrogen (secondary N) is 4. The van der Waals surface area contributed by atoms with E-state index in [1.807, 2.05) is 0 Å². The number of aromatic nitrogens is 2. The molecule has 0 saturated carbocycles. The molecule has 0 spiro atoms. The first kappa shape index (κ1) is 22.0. The largest absolute Gasteiger partial charge is 0.326 e. The average molecular weight is 469 g/mol. The number of nitrogens with zero attached hydrogens (tertiary/aromatic N) is 2. The van der Waals surface area contributed by atoms with E-state index >= 15 is 0 Å². The summed E-state index contributed by atoms with van der Waals surface area (Å²) in [6.07, 6.45) is -0.276. The summed E-state index contributed by atoms with van der Waals surface area (Å²) in [6, 6.07) is 10.9. The van der Waals surface area contributed by atoms with Crippen LogP contribution in [0.1, 0.15) is 23.5 Å². The van der Waals surface area contributed by atoms with Crippen LogP contribution in [-0.2, 0) is 9.59 Å². The zero-order chi connectivity index (χ0) is 23.7. The Morgan fingerprint density at radius 1 is 1.18 bits per heavy atom. The molecule has 1 aromatic heterocycles. The normalized spacial score (nSPS) is 14.7. The molecule has 168 valence electrons. The highest BCUT2D eigenvalue weighted by Gasteiger charge is 2.35. The molecule has 33 heavy (non-hydrogen) atoms. The van der Waals surface area contributed by atoms with Crippen LogP contribution in [-0.4, -0.2) is 26.7 Å². The molecular formula is C21H17ClN6O5. The lowest BCUT2D eigenvalue weighted by atomic mass is 9.92. The van der Waals surface area contributed by atoms with E-state index in [1.54, 1.807) is 31.2 Å². The van der Waals surface area contributed by atoms with E-state index in [9.17, 15) is 24.5 Å². The number of rotatable bonds is 5. The topological polar surface area (TPSA) is 159 Å². The zero-order valence-electron chi connectivity index (χ0n) is 17.1. The Morgan fingerprint density at radius 3 is 2.58 bits per heavy atom. The van der Waals surface area contributed by atoms with Crippen LogP contribution >= 0.6 is 11.6 Å². The Bertz CT molecular complexity index is 1340. The smallest absolute Gasteiger partial charge is 0.274 e. The van der Waals surface area contributed by atoms with Crippen molar-refractivity contribution in [3.8, 4) is 0 Å². The van der Waals surface area contributed by atoms with Gasteiger partial charge in [0.2, 0.25) is 17.8 Å². The summed E-state index contributed by atoms with van der Waals surface area (Å²) in [6.45, 7) is 1.58. The molecule has 2 aromatic carbocycles. The molecule has 12 heteroatoms. The Balaban J connectivity index is 1.63. The third-order valence-corrected chi connectivity index (χ3v) is 5.30. The van der Waals surface area contributed by atoms with Crippen LogP contribution in [0.25, 0.3) is 0 Å². The Hall–Kier alpha value is -4.25. The minimum Gasteiger partial charge on any atom is -0.326 e. The maximum Gasteiger partial charge on any atom is 0.274 e. The van der Waals surface area contributed by atoms with Crippen molar-refractivity contribution in [2.24, 2.45) is 0 Å². The number of benzene rings is 2. The highest BCUT2D eigenvalue weighted by Crippen LogP contribution is 2.31. The van der Waals surface area contributed by atoms with Crippen molar-refractivity contribution in [3.63, 3.8) is 0 Å². The summed E-state index contributed by atoms with van der Waals surface area (Å²) < 4.78 is 0. The quantitative estimate of drug-likeness (QED) is 0.329. The van der Waals surface area contributed by atoms with Crippen LogP contribution in [0, 0.1) is 17.0 Å². The second-order valence-electron chi connectivity index (χ2n) is 7.36.